The van der Waals surface area contributed by atoms with Crippen molar-refractivity contribution in [1.29, 1.82) is 0 Å². The lowest BCUT2D eigenvalue weighted by atomic mass is 10.1. The monoisotopic (exact) mass is 285 g/mol. The van der Waals surface area contributed by atoms with Crippen molar-refractivity contribution in [1.82, 2.24) is 4.98 Å². The van der Waals surface area contributed by atoms with Crippen molar-refractivity contribution in [3.8, 4) is 0 Å². The Morgan fingerprint density at radius 2 is 2.10 bits per heavy atom. The Balaban J connectivity index is 2.34. The highest BCUT2D eigenvalue weighted by atomic mass is 16.6. The number of carbonyl (C=O) groups excluding carboxylic acids is 1. The van der Waals surface area contributed by atoms with Crippen molar-refractivity contribution in [3.63, 3.8) is 0 Å². The fourth-order valence-electron chi connectivity index (χ4n) is 2.07. The van der Waals surface area contributed by atoms with Gasteiger partial charge in [-0.15, -0.1) is 0 Å². The van der Waals surface area contributed by atoms with Crippen LogP contribution in [0, 0.1) is 10.1 Å². The Kier molecular flexibility index (Phi) is 4.27. The zero-order valence-electron chi connectivity index (χ0n) is 11.8. The van der Waals surface area contributed by atoms with E-state index in [-0.39, 0.29) is 11.5 Å². The molecule has 0 amide bonds. The van der Waals surface area contributed by atoms with Gasteiger partial charge in [-0.05, 0) is 25.1 Å². The van der Waals surface area contributed by atoms with E-state index in [2.05, 4.69) is 4.98 Å². The van der Waals surface area contributed by atoms with Gasteiger partial charge in [0.05, 0.1) is 17.2 Å². The first-order chi connectivity index (χ1) is 9.99. The van der Waals surface area contributed by atoms with Crippen LogP contribution in [0.15, 0.2) is 42.6 Å². The maximum Gasteiger partial charge on any atom is 0.270 e. The molecule has 1 aromatic heterocycles. The second kappa shape index (κ2) is 6.13. The topological polar surface area (TPSA) is 76.3 Å². The summed E-state index contributed by atoms with van der Waals surface area (Å²) >= 11 is 0. The van der Waals surface area contributed by atoms with Crippen molar-refractivity contribution >= 4 is 17.2 Å². The first-order valence-electron chi connectivity index (χ1n) is 6.39. The van der Waals surface area contributed by atoms with Crippen molar-refractivity contribution in [2.75, 3.05) is 11.9 Å². The van der Waals surface area contributed by atoms with Gasteiger partial charge in [-0.1, -0.05) is 6.07 Å². The molecule has 0 spiro atoms. The van der Waals surface area contributed by atoms with Gasteiger partial charge in [0.15, 0.2) is 5.78 Å². The lowest BCUT2D eigenvalue weighted by molar-refractivity contribution is -0.384. The summed E-state index contributed by atoms with van der Waals surface area (Å²) in [6, 6.07) is 9.91. The Morgan fingerprint density at radius 3 is 2.67 bits per heavy atom. The van der Waals surface area contributed by atoms with E-state index >= 15 is 0 Å². The molecule has 1 heterocycles. The third-order valence-corrected chi connectivity index (χ3v) is 3.11. The molecule has 0 unspecified atom stereocenters. The van der Waals surface area contributed by atoms with Gasteiger partial charge in [-0.2, -0.15) is 0 Å². The molecule has 6 nitrogen and oxygen atoms in total. The fraction of sp³-hybridized carbons (Fsp3) is 0.200. The average molecular weight is 285 g/mol. The van der Waals surface area contributed by atoms with E-state index in [1.165, 1.54) is 19.1 Å². The Labute approximate surface area is 122 Å². The highest BCUT2D eigenvalue weighted by Gasteiger charge is 2.16. The molecular weight excluding hydrogens is 270 g/mol. The molecule has 0 fully saturated rings. The van der Waals surface area contributed by atoms with E-state index in [0.29, 0.717) is 17.8 Å². The summed E-state index contributed by atoms with van der Waals surface area (Å²) in [4.78, 5) is 28.1. The summed E-state index contributed by atoms with van der Waals surface area (Å²) in [5.41, 5.74) is 1.75. The number of benzene rings is 1. The number of hydrogen-bond acceptors (Lipinski definition) is 5. The van der Waals surface area contributed by atoms with E-state index in [1.807, 2.05) is 30.1 Å². The molecule has 0 aliphatic rings. The molecular formula is C15H15N3O3. The first kappa shape index (κ1) is 14.6. The normalized spacial score (nSPS) is 10.2. The van der Waals surface area contributed by atoms with Crippen molar-refractivity contribution in [2.45, 2.75) is 13.5 Å². The maximum atomic E-state index is 11.7. The number of anilines is 1. The smallest absolute Gasteiger partial charge is 0.270 e. The van der Waals surface area contributed by atoms with Gasteiger partial charge in [-0.25, -0.2) is 0 Å². The van der Waals surface area contributed by atoms with Crippen LogP contribution in [0.5, 0.6) is 0 Å². The molecule has 2 rings (SSSR count). The number of nitro groups is 1. The summed E-state index contributed by atoms with van der Waals surface area (Å²) in [5.74, 6) is -0.207. The minimum Gasteiger partial charge on any atom is -0.368 e. The predicted molar refractivity (Wildman–Crippen MR) is 79.4 cm³/mol. The first-order valence-corrected chi connectivity index (χ1v) is 6.39. The van der Waals surface area contributed by atoms with Crippen LogP contribution in [0.2, 0.25) is 0 Å². The molecule has 0 atom stereocenters. The third-order valence-electron chi connectivity index (χ3n) is 3.11. The number of hydrogen-bond donors (Lipinski definition) is 0. The maximum absolute atomic E-state index is 11.7. The van der Waals surface area contributed by atoms with Gasteiger partial charge in [0, 0.05) is 36.6 Å². The molecule has 1 aromatic carbocycles. The Bertz CT molecular complexity index is 671. The largest absolute Gasteiger partial charge is 0.368 e. The number of aromatic nitrogens is 1. The van der Waals surface area contributed by atoms with Crippen LogP contribution in [0.4, 0.5) is 11.4 Å². The molecule has 21 heavy (non-hydrogen) atoms. The number of non-ortho nitro benzene ring substituents is 1. The van der Waals surface area contributed by atoms with E-state index in [9.17, 15) is 14.9 Å². The highest BCUT2D eigenvalue weighted by Crippen LogP contribution is 2.26. The molecule has 0 radical (unpaired) electrons. The Morgan fingerprint density at radius 1 is 1.33 bits per heavy atom. The van der Waals surface area contributed by atoms with Crippen LogP contribution in [0.1, 0.15) is 23.0 Å². The molecule has 6 heteroatoms. The van der Waals surface area contributed by atoms with E-state index < -0.39 is 4.92 Å². The van der Waals surface area contributed by atoms with Crippen molar-refractivity contribution in [3.05, 3.63) is 64.0 Å². The standard InChI is InChI=1S/C15H15N3O3/c1-11(19)14-9-13(18(20)21)6-7-15(14)17(2)10-12-5-3-4-8-16-12/h3-9H,10H2,1-2H3. The summed E-state index contributed by atoms with van der Waals surface area (Å²) in [5, 5.41) is 10.8. The van der Waals surface area contributed by atoms with Crippen LogP contribution >= 0.6 is 0 Å². The highest BCUT2D eigenvalue weighted by molar-refractivity contribution is 6.00. The van der Waals surface area contributed by atoms with E-state index in [0.717, 1.165) is 5.69 Å². The summed E-state index contributed by atoms with van der Waals surface area (Å²) in [6.45, 7) is 1.91. The van der Waals surface area contributed by atoms with E-state index in [1.54, 1.807) is 12.3 Å². The molecule has 2 aromatic rings. The number of rotatable bonds is 5. The van der Waals surface area contributed by atoms with Gasteiger partial charge in [0.25, 0.3) is 5.69 Å². The number of nitro benzene ring substituents is 1. The lowest BCUT2D eigenvalue weighted by Gasteiger charge is -2.21. The molecule has 0 aliphatic heterocycles. The summed E-state index contributed by atoms with van der Waals surface area (Å²) in [7, 11) is 1.82. The van der Waals surface area contributed by atoms with Gasteiger partial charge in [0.2, 0.25) is 0 Å². The van der Waals surface area contributed by atoms with Crippen LogP contribution < -0.4 is 4.90 Å². The predicted octanol–water partition coefficient (Wildman–Crippen LogP) is 2.83. The number of ketones is 1. The van der Waals surface area contributed by atoms with Crippen LogP contribution in [0.3, 0.4) is 0 Å². The van der Waals surface area contributed by atoms with Gasteiger partial charge in [-0.3, -0.25) is 19.9 Å². The van der Waals surface area contributed by atoms with Crippen LogP contribution in [-0.2, 0) is 6.54 Å². The molecule has 0 saturated heterocycles. The zero-order chi connectivity index (χ0) is 15.4. The van der Waals surface area contributed by atoms with Gasteiger partial charge < -0.3 is 4.90 Å². The zero-order valence-corrected chi connectivity index (χ0v) is 11.8. The number of pyridine rings is 1. The number of carbonyl (C=O) groups is 1. The quantitative estimate of drug-likeness (QED) is 0.479. The summed E-state index contributed by atoms with van der Waals surface area (Å²) in [6.07, 6.45) is 1.70. The van der Waals surface area contributed by atoms with Crippen molar-refractivity contribution < 1.29 is 9.72 Å². The SMILES string of the molecule is CC(=O)c1cc([N+](=O)[O-])ccc1N(C)Cc1ccccn1. The van der Waals surface area contributed by atoms with Gasteiger partial charge >= 0.3 is 0 Å². The molecule has 0 bridgehead atoms. The molecule has 108 valence electrons. The lowest BCUT2D eigenvalue weighted by Crippen LogP contribution is -2.19. The number of nitrogens with zero attached hydrogens (tertiary/aromatic N) is 3. The second-order valence-corrected chi connectivity index (χ2v) is 4.69. The second-order valence-electron chi connectivity index (χ2n) is 4.69. The average Bonchev–Trinajstić information content (AvgIpc) is 2.47. The summed E-state index contributed by atoms with van der Waals surface area (Å²) < 4.78 is 0. The minimum atomic E-state index is -0.505. The minimum absolute atomic E-state index is 0.0878. The van der Waals surface area contributed by atoms with Crippen molar-refractivity contribution in [2.24, 2.45) is 0 Å². The third kappa shape index (κ3) is 3.42. The molecule has 0 aliphatic carbocycles. The molecule has 0 N–H and O–H groups in total. The van der Waals surface area contributed by atoms with Gasteiger partial charge in [0.1, 0.15) is 0 Å². The van der Waals surface area contributed by atoms with Crippen LogP contribution in [0.25, 0.3) is 0 Å². The fourth-order valence-corrected chi connectivity index (χ4v) is 2.07. The van der Waals surface area contributed by atoms with E-state index in [4.69, 9.17) is 0 Å². The Hall–Kier alpha value is -2.76. The molecule has 0 saturated carbocycles. The van der Waals surface area contributed by atoms with Crippen LogP contribution in [-0.4, -0.2) is 22.7 Å². The number of Topliss-reactive ketones (excluding diaryl/α,β-unsaturated/α-hetero) is 1.